The van der Waals surface area contributed by atoms with Gasteiger partial charge in [-0.05, 0) is 18.7 Å². The highest BCUT2D eigenvalue weighted by Crippen LogP contribution is 2.31. The molecule has 2 fully saturated rings. The fourth-order valence-corrected chi connectivity index (χ4v) is 3.96. The SMILES string of the molecule is CN1CCN(C(=O)CN2C(=O)C(=CC=Cc3ccccc3)SC2=S)CC1. The molecule has 0 spiro atoms. The maximum Gasteiger partial charge on any atom is 0.266 e. The van der Waals surface area contributed by atoms with Crippen LogP contribution in [0, 0.1) is 0 Å². The maximum absolute atomic E-state index is 12.6. The number of amides is 2. The Hall–Kier alpha value is -1.96. The second kappa shape index (κ2) is 8.62. The number of benzene rings is 1. The zero-order valence-electron chi connectivity index (χ0n) is 14.6. The van der Waals surface area contributed by atoms with E-state index < -0.39 is 0 Å². The number of allylic oxidation sites excluding steroid dienone is 2. The summed E-state index contributed by atoms with van der Waals surface area (Å²) < 4.78 is 0.442. The van der Waals surface area contributed by atoms with Crippen LogP contribution >= 0.6 is 24.0 Å². The molecule has 2 saturated heterocycles. The van der Waals surface area contributed by atoms with Gasteiger partial charge < -0.3 is 9.80 Å². The number of hydrogen-bond acceptors (Lipinski definition) is 5. The molecule has 0 bridgehead atoms. The van der Waals surface area contributed by atoms with Crippen molar-refractivity contribution in [2.75, 3.05) is 39.8 Å². The van der Waals surface area contributed by atoms with Crippen molar-refractivity contribution in [3.8, 4) is 0 Å². The van der Waals surface area contributed by atoms with Gasteiger partial charge in [0.25, 0.3) is 5.91 Å². The Kier molecular flexibility index (Phi) is 6.24. The summed E-state index contributed by atoms with van der Waals surface area (Å²) >= 11 is 6.55. The topological polar surface area (TPSA) is 43.9 Å². The lowest BCUT2D eigenvalue weighted by molar-refractivity contribution is -0.136. The van der Waals surface area contributed by atoms with Gasteiger partial charge in [0.05, 0.1) is 4.91 Å². The lowest BCUT2D eigenvalue weighted by Gasteiger charge is -2.33. The van der Waals surface area contributed by atoms with Gasteiger partial charge in [-0.1, -0.05) is 66.5 Å². The van der Waals surface area contributed by atoms with Gasteiger partial charge in [-0.2, -0.15) is 0 Å². The van der Waals surface area contributed by atoms with Gasteiger partial charge in [0.15, 0.2) is 0 Å². The number of rotatable bonds is 4. The average molecular weight is 388 g/mol. The van der Waals surface area contributed by atoms with E-state index in [1.807, 2.05) is 49.5 Å². The monoisotopic (exact) mass is 387 g/mol. The van der Waals surface area contributed by atoms with Crippen molar-refractivity contribution in [1.29, 1.82) is 0 Å². The van der Waals surface area contributed by atoms with Crippen LogP contribution in [0.5, 0.6) is 0 Å². The molecular formula is C19H21N3O2S2. The third-order valence-corrected chi connectivity index (χ3v) is 5.75. The number of likely N-dealkylation sites (N-methyl/N-ethyl adjacent to an activating group) is 1. The van der Waals surface area contributed by atoms with Crippen molar-refractivity contribution in [2.24, 2.45) is 0 Å². The molecule has 26 heavy (non-hydrogen) atoms. The zero-order chi connectivity index (χ0) is 18.5. The number of carbonyl (C=O) groups excluding carboxylic acids is 2. The number of carbonyl (C=O) groups is 2. The van der Waals surface area contributed by atoms with Crippen LogP contribution in [-0.2, 0) is 9.59 Å². The van der Waals surface area contributed by atoms with E-state index in [9.17, 15) is 9.59 Å². The molecule has 0 aromatic heterocycles. The molecule has 0 radical (unpaired) electrons. The van der Waals surface area contributed by atoms with E-state index in [2.05, 4.69) is 4.90 Å². The first-order valence-electron chi connectivity index (χ1n) is 8.48. The van der Waals surface area contributed by atoms with Crippen LogP contribution in [0.15, 0.2) is 47.4 Å². The summed E-state index contributed by atoms with van der Waals surface area (Å²) in [6.07, 6.45) is 5.53. The molecule has 0 N–H and O–H groups in total. The van der Waals surface area contributed by atoms with Crippen LogP contribution in [0.1, 0.15) is 5.56 Å². The molecule has 0 atom stereocenters. The molecule has 0 aliphatic carbocycles. The Labute approximate surface area is 163 Å². The highest BCUT2D eigenvalue weighted by molar-refractivity contribution is 8.26. The average Bonchev–Trinajstić information content (AvgIpc) is 2.91. The minimum absolute atomic E-state index is 0.0219. The van der Waals surface area contributed by atoms with E-state index in [0.29, 0.717) is 22.3 Å². The summed E-state index contributed by atoms with van der Waals surface area (Å²) in [6.45, 7) is 3.12. The first kappa shape index (κ1) is 18.8. The molecule has 2 amide bonds. The van der Waals surface area contributed by atoms with Gasteiger partial charge in [0.2, 0.25) is 5.91 Å². The Morgan fingerprint density at radius 3 is 2.58 bits per heavy atom. The first-order chi connectivity index (χ1) is 12.5. The molecule has 0 saturated carbocycles. The van der Waals surface area contributed by atoms with Crippen LogP contribution in [0.25, 0.3) is 6.08 Å². The summed E-state index contributed by atoms with van der Waals surface area (Å²) in [4.78, 5) is 31.0. The number of thioether (sulfide) groups is 1. The Morgan fingerprint density at radius 2 is 1.88 bits per heavy atom. The highest BCUT2D eigenvalue weighted by Gasteiger charge is 2.34. The maximum atomic E-state index is 12.6. The molecule has 1 aromatic carbocycles. The predicted molar refractivity (Wildman–Crippen MR) is 110 cm³/mol. The van der Waals surface area contributed by atoms with Gasteiger partial charge in [-0.15, -0.1) is 0 Å². The summed E-state index contributed by atoms with van der Waals surface area (Å²) in [6, 6.07) is 9.86. The van der Waals surface area contributed by atoms with Crippen molar-refractivity contribution >= 4 is 46.2 Å². The molecule has 1 aromatic rings. The number of thiocarbonyl (C=S) groups is 1. The summed E-state index contributed by atoms with van der Waals surface area (Å²) in [5.74, 6) is -0.240. The van der Waals surface area contributed by atoms with Crippen molar-refractivity contribution in [1.82, 2.24) is 14.7 Å². The molecule has 7 heteroatoms. The van der Waals surface area contributed by atoms with E-state index in [1.165, 1.54) is 16.7 Å². The molecular weight excluding hydrogens is 366 g/mol. The van der Waals surface area contributed by atoms with Gasteiger partial charge in [0.1, 0.15) is 10.9 Å². The molecule has 2 heterocycles. The minimum Gasteiger partial charge on any atom is -0.339 e. The molecule has 0 unspecified atom stereocenters. The van der Waals surface area contributed by atoms with Gasteiger partial charge >= 0.3 is 0 Å². The fourth-order valence-electron chi connectivity index (χ4n) is 2.75. The van der Waals surface area contributed by atoms with Gasteiger partial charge in [-0.3, -0.25) is 14.5 Å². The number of hydrogen-bond donors (Lipinski definition) is 0. The zero-order valence-corrected chi connectivity index (χ0v) is 16.3. The van der Waals surface area contributed by atoms with Crippen molar-refractivity contribution in [2.45, 2.75) is 0 Å². The lowest BCUT2D eigenvalue weighted by Crippen LogP contribution is -2.50. The van der Waals surface area contributed by atoms with Gasteiger partial charge in [0, 0.05) is 26.2 Å². The summed E-state index contributed by atoms with van der Waals surface area (Å²) in [7, 11) is 2.04. The molecule has 3 rings (SSSR count). The second-order valence-corrected chi connectivity index (χ2v) is 7.92. The van der Waals surface area contributed by atoms with Crippen molar-refractivity contribution in [3.63, 3.8) is 0 Å². The second-order valence-electron chi connectivity index (χ2n) is 6.24. The van der Waals surface area contributed by atoms with Crippen LogP contribution in [0.4, 0.5) is 0 Å². The standard InChI is InChI=1S/C19H21N3O2S2/c1-20-10-12-21(13-11-20)17(23)14-22-18(24)16(26-19(22)25)9-5-8-15-6-3-2-4-7-15/h2-9H,10-14H2,1H3. The highest BCUT2D eigenvalue weighted by atomic mass is 32.2. The minimum atomic E-state index is -0.194. The first-order valence-corrected chi connectivity index (χ1v) is 9.70. The number of nitrogens with zero attached hydrogens (tertiary/aromatic N) is 3. The largest absolute Gasteiger partial charge is 0.339 e. The van der Waals surface area contributed by atoms with Crippen LogP contribution in [0.3, 0.4) is 0 Å². The van der Waals surface area contributed by atoms with Gasteiger partial charge in [-0.25, -0.2) is 0 Å². The Balaban J connectivity index is 1.60. The smallest absolute Gasteiger partial charge is 0.266 e. The molecule has 5 nitrogen and oxygen atoms in total. The van der Waals surface area contributed by atoms with E-state index in [1.54, 1.807) is 11.0 Å². The van der Waals surface area contributed by atoms with Crippen molar-refractivity contribution < 1.29 is 9.59 Å². The van der Waals surface area contributed by atoms with E-state index in [0.717, 1.165) is 18.7 Å². The quantitative estimate of drug-likeness (QED) is 0.586. The lowest BCUT2D eigenvalue weighted by atomic mass is 10.2. The normalized spacial score (nSPS) is 20.6. The van der Waals surface area contributed by atoms with Crippen LogP contribution < -0.4 is 0 Å². The van der Waals surface area contributed by atoms with E-state index >= 15 is 0 Å². The third kappa shape index (κ3) is 4.60. The predicted octanol–water partition coefficient (Wildman–Crippen LogP) is 2.22. The van der Waals surface area contributed by atoms with Crippen LogP contribution in [-0.4, -0.2) is 70.6 Å². The number of piperazine rings is 1. The van der Waals surface area contributed by atoms with E-state index in [-0.39, 0.29) is 18.4 Å². The Bertz CT molecular complexity index is 753. The van der Waals surface area contributed by atoms with Crippen molar-refractivity contribution in [3.05, 3.63) is 53.0 Å². The molecule has 2 aliphatic rings. The summed E-state index contributed by atoms with van der Waals surface area (Å²) in [5, 5.41) is 0. The van der Waals surface area contributed by atoms with E-state index in [4.69, 9.17) is 12.2 Å². The fraction of sp³-hybridized carbons (Fsp3) is 0.316. The Morgan fingerprint density at radius 1 is 1.19 bits per heavy atom. The third-order valence-electron chi connectivity index (χ3n) is 4.36. The van der Waals surface area contributed by atoms with Crippen LogP contribution in [0.2, 0.25) is 0 Å². The summed E-state index contributed by atoms with van der Waals surface area (Å²) in [5.41, 5.74) is 1.06. The molecule has 2 aliphatic heterocycles. The molecule has 136 valence electrons.